The minimum atomic E-state index is -0.657. The van der Waals surface area contributed by atoms with Crippen molar-refractivity contribution >= 4 is 11.9 Å². The number of aliphatic carboxylic acids is 2. The molecule has 6 heteroatoms. The van der Waals surface area contributed by atoms with E-state index >= 15 is 0 Å². The maximum atomic E-state index is 10.5. The first kappa shape index (κ1) is 42.9. The predicted molar refractivity (Wildman–Crippen MR) is 189 cm³/mol. The summed E-state index contributed by atoms with van der Waals surface area (Å²) in [5, 5.41) is 24.5. The van der Waals surface area contributed by atoms with Gasteiger partial charge in [0.05, 0.1) is 0 Å². The number of nitrogens with one attached hydrogen (secondary N) is 2. The normalized spacial score (nSPS) is 11.4. The van der Waals surface area contributed by atoms with E-state index in [-0.39, 0.29) is 0 Å². The number of carbonyl (C=O) groups is 2. The molecule has 0 radical (unpaired) electrons. The molecule has 0 aliphatic carbocycles. The molecule has 0 aliphatic rings. The van der Waals surface area contributed by atoms with Crippen molar-refractivity contribution in [3.05, 3.63) is 0 Å². The van der Waals surface area contributed by atoms with Gasteiger partial charge in [0, 0.05) is 25.9 Å². The van der Waals surface area contributed by atoms with Gasteiger partial charge in [-0.2, -0.15) is 0 Å². The van der Waals surface area contributed by atoms with Crippen LogP contribution in [-0.2, 0) is 9.59 Å². The van der Waals surface area contributed by atoms with Gasteiger partial charge in [-0.05, 0) is 38.8 Å². The van der Waals surface area contributed by atoms with E-state index in [0.29, 0.717) is 12.8 Å². The molecule has 0 unspecified atom stereocenters. The van der Waals surface area contributed by atoms with Gasteiger partial charge in [0.25, 0.3) is 0 Å². The van der Waals surface area contributed by atoms with Crippen molar-refractivity contribution in [1.29, 1.82) is 0 Å². The third-order valence-corrected chi connectivity index (χ3v) is 8.97. The van der Waals surface area contributed by atoms with E-state index in [1.807, 2.05) is 0 Å². The zero-order valence-corrected chi connectivity index (χ0v) is 29.2. The lowest BCUT2D eigenvalue weighted by atomic mass is 10.0. The van der Waals surface area contributed by atoms with Crippen LogP contribution < -0.4 is 10.6 Å². The molecule has 0 aliphatic heterocycles. The summed E-state index contributed by atoms with van der Waals surface area (Å²) in [7, 11) is 0. The number of unbranched alkanes of at least 4 members (excludes halogenated alkanes) is 28. The molecule has 0 saturated carbocycles. The zero-order chi connectivity index (χ0) is 32.0. The number of carboxylic acid groups (broad SMARTS) is 2. The molecule has 6 nitrogen and oxygen atoms in total. The Morgan fingerprint density at radius 3 is 0.659 bits per heavy atom. The van der Waals surface area contributed by atoms with Crippen molar-refractivity contribution in [2.75, 3.05) is 26.2 Å². The minimum Gasteiger partial charge on any atom is -0.481 e. The van der Waals surface area contributed by atoms with Crippen LogP contribution in [0.1, 0.15) is 205 Å². The third kappa shape index (κ3) is 40.9. The number of carboxylic acids is 2. The smallest absolute Gasteiger partial charge is 0.303 e. The van der Waals surface area contributed by atoms with Crippen molar-refractivity contribution in [3.63, 3.8) is 0 Å². The van der Waals surface area contributed by atoms with Crippen molar-refractivity contribution < 1.29 is 19.8 Å². The predicted octanol–water partition coefficient (Wildman–Crippen LogP) is 10.8. The molecule has 262 valence electrons. The molecule has 0 rings (SSSR count). The Kier molecular flexibility index (Phi) is 37.1. The van der Waals surface area contributed by atoms with Crippen LogP contribution in [0.3, 0.4) is 0 Å². The summed E-state index contributed by atoms with van der Waals surface area (Å²) >= 11 is 0. The highest BCUT2D eigenvalue weighted by molar-refractivity contribution is 5.66. The Morgan fingerprint density at radius 2 is 0.455 bits per heavy atom. The highest BCUT2D eigenvalue weighted by Crippen LogP contribution is 2.15. The van der Waals surface area contributed by atoms with E-state index in [0.717, 1.165) is 51.9 Å². The van der Waals surface area contributed by atoms with Crippen LogP contribution in [0, 0.1) is 0 Å². The monoisotopic (exact) mass is 625 g/mol. The van der Waals surface area contributed by atoms with Crippen molar-refractivity contribution in [2.24, 2.45) is 0 Å². The molecule has 0 heterocycles. The van der Waals surface area contributed by atoms with Crippen molar-refractivity contribution in [1.82, 2.24) is 10.6 Å². The lowest BCUT2D eigenvalue weighted by molar-refractivity contribution is -0.138. The highest BCUT2D eigenvalue weighted by Gasteiger charge is 1.99. The largest absolute Gasteiger partial charge is 0.481 e. The van der Waals surface area contributed by atoms with Crippen LogP contribution in [0.5, 0.6) is 0 Å². The van der Waals surface area contributed by atoms with E-state index in [1.165, 1.54) is 167 Å². The molecule has 0 spiro atoms. The van der Waals surface area contributed by atoms with E-state index in [2.05, 4.69) is 10.6 Å². The van der Waals surface area contributed by atoms with Gasteiger partial charge in [0.1, 0.15) is 0 Å². The molecule has 44 heavy (non-hydrogen) atoms. The Labute approximate surface area is 273 Å². The minimum absolute atomic E-state index is 0.336. The maximum absolute atomic E-state index is 10.5. The van der Waals surface area contributed by atoms with Crippen LogP contribution in [0.25, 0.3) is 0 Å². The van der Waals surface area contributed by atoms with Crippen LogP contribution in [-0.4, -0.2) is 48.3 Å². The van der Waals surface area contributed by atoms with Gasteiger partial charge in [0.2, 0.25) is 0 Å². The molecular formula is C38H76N2O4. The van der Waals surface area contributed by atoms with E-state index in [9.17, 15) is 9.59 Å². The Balaban J connectivity index is 3.05. The summed E-state index contributed by atoms with van der Waals surface area (Å²) in [5.74, 6) is -1.31. The fourth-order valence-electron chi connectivity index (χ4n) is 6.08. The molecule has 0 aromatic heterocycles. The quantitative estimate of drug-likeness (QED) is 0.0508. The molecule has 4 N–H and O–H groups in total. The lowest BCUT2D eigenvalue weighted by Gasteiger charge is -2.07. The SMILES string of the molecule is O=C(O)CCCCCCCCCCCCCCCCCNCCNCCCCCCCCCCCCCCCCCC(=O)O. The van der Waals surface area contributed by atoms with Gasteiger partial charge in [0.15, 0.2) is 0 Å². The van der Waals surface area contributed by atoms with Gasteiger partial charge < -0.3 is 20.8 Å². The highest BCUT2D eigenvalue weighted by atomic mass is 16.4. The third-order valence-electron chi connectivity index (χ3n) is 8.97. The molecule has 0 aromatic rings. The van der Waals surface area contributed by atoms with E-state index in [4.69, 9.17) is 10.2 Å². The molecule has 0 bridgehead atoms. The van der Waals surface area contributed by atoms with Gasteiger partial charge in [-0.1, -0.05) is 167 Å². The van der Waals surface area contributed by atoms with Crippen LogP contribution in [0.15, 0.2) is 0 Å². The second kappa shape index (κ2) is 38.0. The Bertz CT molecular complexity index is 537. The fraction of sp³-hybridized carbons (Fsp3) is 0.947. The second-order valence-corrected chi connectivity index (χ2v) is 13.4. The topological polar surface area (TPSA) is 98.7 Å². The van der Waals surface area contributed by atoms with Crippen molar-refractivity contribution in [2.45, 2.75) is 205 Å². The number of rotatable bonds is 39. The molecule has 0 aromatic carbocycles. The summed E-state index contributed by atoms with van der Waals surface area (Å²) in [6.07, 6.45) is 39.7. The first-order valence-corrected chi connectivity index (χ1v) is 19.5. The summed E-state index contributed by atoms with van der Waals surface area (Å²) in [6.45, 7) is 4.52. The molecule has 0 amide bonds. The average molecular weight is 625 g/mol. The molecule has 0 atom stereocenters. The fourth-order valence-corrected chi connectivity index (χ4v) is 6.08. The molecular weight excluding hydrogens is 548 g/mol. The molecule has 0 saturated heterocycles. The summed E-state index contributed by atoms with van der Waals surface area (Å²) in [6, 6.07) is 0. The van der Waals surface area contributed by atoms with Crippen molar-refractivity contribution in [3.8, 4) is 0 Å². The Hall–Kier alpha value is -1.14. The standard InChI is InChI=1S/C38H76N2O4/c41-37(42)31-27-23-19-15-11-7-3-1-5-9-13-17-21-25-29-33-39-35-36-40-34-30-26-22-18-14-10-6-2-4-8-12-16-20-24-28-32-38(43)44/h39-40H,1-36H2,(H,41,42)(H,43,44). The van der Waals surface area contributed by atoms with Gasteiger partial charge in [-0.15, -0.1) is 0 Å². The summed E-state index contributed by atoms with van der Waals surface area (Å²) in [4.78, 5) is 21.0. The van der Waals surface area contributed by atoms with Gasteiger partial charge in [-0.25, -0.2) is 0 Å². The summed E-state index contributed by atoms with van der Waals surface area (Å²) in [5.41, 5.74) is 0. The van der Waals surface area contributed by atoms with E-state index < -0.39 is 11.9 Å². The summed E-state index contributed by atoms with van der Waals surface area (Å²) < 4.78 is 0. The van der Waals surface area contributed by atoms with Crippen LogP contribution in [0.4, 0.5) is 0 Å². The molecule has 0 fully saturated rings. The van der Waals surface area contributed by atoms with Crippen LogP contribution in [0.2, 0.25) is 0 Å². The number of hydrogen-bond acceptors (Lipinski definition) is 4. The van der Waals surface area contributed by atoms with Crippen LogP contribution >= 0.6 is 0 Å². The Morgan fingerprint density at radius 1 is 0.273 bits per heavy atom. The first-order valence-electron chi connectivity index (χ1n) is 19.5. The second-order valence-electron chi connectivity index (χ2n) is 13.4. The maximum Gasteiger partial charge on any atom is 0.303 e. The van der Waals surface area contributed by atoms with E-state index in [1.54, 1.807) is 0 Å². The lowest BCUT2D eigenvalue weighted by Crippen LogP contribution is -2.28. The average Bonchev–Trinajstić information content (AvgIpc) is 3.00. The first-order chi connectivity index (χ1) is 21.6. The van der Waals surface area contributed by atoms with Gasteiger partial charge in [-0.3, -0.25) is 9.59 Å². The number of hydrogen-bond donors (Lipinski definition) is 4. The van der Waals surface area contributed by atoms with Gasteiger partial charge >= 0.3 is 11.9 Å². The zero-order valence-electron chi connectivity index (χ0n) is 29.2.